The van der Waals surface area contributed by atoms with Crippen molar-refractivity contribution in [2.24, 2.45) is 0 Å². The molecule has 2 amide bonds. The summed E-state index contributed by atoms with van der Waals surface area (Å²) >= 11 is 0. The molecule has 0 spiro atoms. The Balaban J connectivity index is 1.79. The van der Waals surface area contributed by atoms with Crippen LogP contribution in [0.15, 0.2) is 30.3 Å². The number of ether oxygens (including phenoxy) is 1. The second-order valence-electron chi connectivity index (χ2n) is 9.59. The van der Waals surface area contributed by atoms with Crippen LogP contribution in [-0.4, -0.2) is 109 Å². The number of aliphatic hydroxyl groups is 1. The molecule has 0 radical (unpaired) electrons. The molecule has 1 heterocycles. The lowest BCUT2D eigenvalue weighted by Gasteiger charge is -2.34. The van der Waals surface area contributed by atoms with Crippen LogP contribution in [0.2, 0.25) is 0 Å². The van der Waals surface area contributed by atoms with Gasteiger partial charge in [0.15, 0.2) is 0 Å². The third-order valence-electron chi connectivity index (χ3n) is 6.55. The number of rotatable bonds is 17. The summed E-state index contributed by atoms with van der Waals surface area (Å²) in [5.74, 6) is -0.825. The standard InChI is InChI=1S/C28H46N4O5/c1-3-14-32(15-4-2)28(36)25(29-27(35)24-10-6-5-7-11-24)12-13-26(34)37-23-9-17-31-20-18-30(19-21-31)16-8-22-33/h5-7,10-11,25,33H,3-4,8-9,12-23H2,1-2H3,(H,29,35). The monoisotopic (exact) mass is 518 g/mol. The van der Waals surface area contributed by atoms with Crippen LogP contribution in [0.25, 0.3) is 0 Å². The van der Waals surface area contributed by atoms with Gasteiger partial charge in [-0.2, -0.15) is 0 Å². The first kappa shape index (κ1) is 30.7. The largest absolute Gasteiger partial charge is 0.466 e. The average molecular weight is 519 g/mol. The summed E-state index contributed by atoms with van der Waals surface area (Å²) in [7, 11) is 0. The first-order chi connectivity index (χ1) is 18.0. The summed E-state index contributed by atoms with van der Waals surface area (Å²) in [6.45, 7) is 11.6. The Morgan fingerprint density at radius 1 is 0.973 bits per heavy atom. The van der Waals surface area contributed by atoms with Gasteiger partial charge in [-0.15, -0.1) is 0 Å². The van der Waals surface area contributed by atoms with Gasteiger partial charge < -0.3 is 29.9 Å². The number of aliphatic hydroxyl groups excluding tert-OH is 1. The van der Waals surface area contributed by atoms with Crippen LogP contribution in [0.3, 0.4) is 0 Å². The quantitative estimate of drug-likeness (QED) is 0.241. The molecule has 37 heavy (non-hydrogen) atoms. The Labute approximate surface area is 222 Å². The highest BCUT2D eigenvalue weighted by Crippen LogP contribution is 2.09. The molecule has 9 heteroatoms. The van der Waals surface area contributed by atoms with Crippen molar-refractivity contribution in [1.82, 2.24) is 20.0 Å². The number of amides is 2. The van der Waals surface area contributed by atoms with Crippen LogP contribution in [0.5, 0.6) is 0 Å². The zero-order valence-corrected chi connectivity index (χ0v) is 22.7. The Morgan fingerprint density at radius 2 is 1.57 bits per heavy atom. The van der Waals surface area contributed by atoms with Crippen molar-refractivity contribution in [1.29, 1.82) is 0 Å². The number of esters is 1. The van der Waals surface area contributed by atoms with E-state index >= 15 is 0 Å². The molecular weight excluding hydrogens is 472 g/mol. The van der Waals surface area contributed by atoms with Crippen LogP contribution in [0, 0.1) is 0 Å². The van der Waals surface area contributed by atoms with Gasteiger partial charge in [-0.25, -0.2) is 0 Å². The second-order valence-corrected chi connectivity index (χ2v) is 9.59. The maximum atomic E-state index is 13.3. The normalized spacial score (nSPS) is 15.2. The van der Waals surface area contributed by atoms with Crippen LogP contribution >= 0.6 is 0 Å². The van der Waals surface area contributed by atoms with E-state index in [4.69, 9.17) is 9.84 Å². The Hall–Kier alpha value is -2.49. The molecule has 1 atom stereocenters. The molecule has 1 unspecified atom stereocenters. The van der Waals surface area contributed by atoms with Crippen LogP contribution < -0.4 is 5.32 Å². The van der Waals surface area contributed by atoms with E-state index in [9.17, 15) is 14.4 Å². The van der Waals surface area contributed by atoms with Crippen molar-refractivity contribution in [2.45, 2.75) is 58.4 Å². The summed E-state index contributed by atoms with van der Waals surface area (Å²) in [5.41, 5.74) is 0.481. The summed E-state index contributed by atoms with van der Waals surface area (Å²) in [6, 6.07) is 8.02. The topological polar surface area (TPSA) is 102 Å². The molecule has 9 nitrogen and oxygen atoms in total. The lowest BCUT2D eigenvalue weighted by atomic mass is 10.1. The van der Waals surface area contributed by atoms with Crippen molar-refractivity contribution in [3.8, 4) is 0 Å². The highest BCUT2D eigenvalue weighted by molar-refractivity contribution is 5.97. The molecular formula is C28H46N4O5. The van der Waals surface area contributed by atoms with Gasteiger partial charge in [0.2, 0.25) is 5.91 Å². The van der Waals surface area contributed by atoms with E-state index in [2.05, 4.69) is 15.1 Å². The number of carbonyl (C=O) groups is 3. The van der Waals surface area contributed by atoms with E-state index in [-0.39, 0.29) is 37.2 Å². The van der Waals surface area contributed by atoms with Gasteiger partial charge in [0.25, 0.3) is 5.91 Å². The number of piperazine rings is 1. The maximum Gasteiger partial charge on any atom is 0.305 e. The molecule has 1 saturated heterocycles. The van der Waals surface area contributed by atoms with Crippen molar-refractivity contribution in [3.05, 3.63) is 35.9 Å². The van der Waals surface area contributed by atoms with E-state index in [1.54, 1.807) is 29.2 Å². The van der Waals surface area contributed by atoms with Gasteiger partial charge in [-0.05, 0) is 44.2 Å². The average Bonchev–Trinajstić information content (AvgIpc) is 2.92. The molecule has 0 saturated carbocycles. The van der Waals surface area contributed by atoms with Crippen molar-refractivity contribution >= 4 is 17.8 Å². The van der Waals surface area contributed by atoms with Gasteiger partial charge in [-0.1, -0.05) is 32.0 Å². The molecule has 0 aliphatic carbocycles. The third kappa shape index (κ3) is 11.6. The predicted octanol–water partition coefficient (Wildman–Crippen LogP) is 2.15. The minimum atomic E-state index is -0.777. The summed E-state index contributed by atoms with van der Waals surface area (Å²) in [5, 5.41) is 11.8. The van der Waals surface area contributed by atoms with Crippen molar-refractivity contribution in [3.63, 3.8) is 0 Å². The van der Waals surface area contributed by atoms with Crippen LogP contribution in [0.4, 0.5) is 0 Å². The van der Waals surface area contributed by atoms with E-state index in [0.717, 1.165) is 65.0 Å². The van der Waals surface area contributed by atoms with E-state index in [0.29, 0.717) is 25.3 Å². The van der Waals surface area contributed by atoms with Gasteiger partial charge in [0.1, 0.15) is 6.04 Å². The summed E-state index contributed by atoms with van der Waals surface area (Å²) < 4.78 is 5.44. The van der Waals surface area contributed by atoms with Crippen molar-refractivity contribution in [2.75, 3.05) is 65.6 Å². The maximum absolute atomic E-state index is 13.3. The summed E-state index contributed by atoms with van der Waals surface area (Å²) in [6.07, 6.45) is 3.50. The number of hydrogen-bond acceptors (Lipinski definition) is 7. The smallest absolute Gasteiger partial charge is 0.305 e. The second kappa shape index (κ2) is 17.9. The number of nitrogens with one attached hydrogen (secondary N) is 1. The molecule has 1 fully saturated rings. The zero-order chi connectivity index (χ0) is 26.9. The fourth-order valence-corrected chi connectivity index (χ4v) is 4.52. The molecule has 1 aromatic carbocycles. The van der Waals surface area contributed by atoms with Crippen molar-refractivity contribution < 1.29 is 24.2 Å². The van der Waals surface area contributed by atoms with Crippen LogP contribution in [-0.2, 0) is 14.3 Å². The Kier molecular flexibility index (Phi) is 14.8. The van der Waals surface area contributed by atoms with Gasteiger partial charge in [-0.3, -0.25) is 14.4 Å². The molecule has 1 aromatic rings. The molecule has 208 valence electrons. The minimum Gasteiger partial charge on any atom is -0.466 e. The molecule has 0 bridgehead atoms. The van der Waals surface area contributed by atoms with E-state index in [1.807, 2.05) is 19.9 Å². The minimum absolute atomic E-state index is 0.0705. The van der Waals surface area contributed by atoms with Gasteiger partial charge >= 0.3 is 5.97 Å². The third-order valence-corrected chi connectivity index (χ3v) is 6.55. The number of benzene rings is 1. The highest BCUT2D eigenvalue weighted by Gasteiger charge is 2.26. The molecule has 2 N–H and O–H groups in total. The number of carbonyl (C=O) groups excluding carboxylic acids is 3. The summed E-state index contributed by atoms with van der Waals surface area (Å²) in [4.78, 5) is 45.0. The number of hydrogen-bond donors (Lipinski definition) is 2. The lowest BCUT2D eigenvalue weighted by Crippen LogP contribution is -2.49. The SMILES string of the molecule is CCCN(CCC)C(=O)C(CCC(=O)OCCCN1CCN(CCCO)CC1)NC(=O)c1ccccc1. The molecule has 1 aliphatic heterocycles. The molecule has 1 aliphatic rings. The lowest BCUT2D eigenvalue weighted by molar-refractivity contribution is -0.144. The highest BCUT2D eigenvalue weighted by atomic mass is 16.5. The van der Waals surface area contributed by atoms with Crippen LogP contribution in [0.1, 0.15) is 62.7 Å². The Bertz CT molecular complexity index is 793. The number of nitrogens with zero attached hydrogens (tertiary/aromatic N) is 3. The molecule has 0 aromatic heterocycles. The zero-order valence-electron chi connectivity index (χ0n) is 22.7. The first-order valence-corrected chi connectivity index (χ1v) is 13.8. The van der Waals surface area contributed by atoms with E-state index in [1.165, 1.54) is 0 Å². The van der Waals surface area contributed by atoms with E-state index < -0.39 is 6.04 Å². The van der Waals surface area contributed by atoms with Gasteiger partial charge in [0, 0.05) is 70.9 Å². The van der Waals surface area contributed by atoms with Gasteiger partial charge in [0.05, 0.1) is 6.61 Å². The predicted molar refractivity (Wildman–Crippen MR) is 144 cm³/mol. The fraction of sp³-hybridized carbons (Fsp3) is 0.679. The molecule has 2 rings (SSSR count). The Morgan fingerprint density at radius 3 is 2.14 bits per heavy atom. The fourth-order valence-electron chi connectivity index (χ4n) is 4.52. The first-order valence-electron chi connectivity index (χ1n) is 13.8.